The Morgan fingerprint density at radius 2 is 1.81 bits per heavy atom. The summed E-state index contributed by atoms with van der Waals surface area (Å²) in [6.07, 6.45) is 0. The molecule has 0 spiro atoms. The van der Waals surface area contributed by atoms with Crippen LogP contribution < -0.4 is 10.1 Å². The summed E-state index contributed by atoms with van der Waals surface area (Å²) in [4.78, 5) is 23.5. The number of benzene rings is 2. The number of nitrogens with one attached hydrogen (secondary N) is 1. The number of hydrogen-bond acceptors (Lipinski definition) is 4. The smallest absolute Gasteiger partial charge is 0.344 e. The standard InChI is InChI=1S/C20H22FNO4/c1-13-8-9-16(10-14(13)2)15(3)22-19(23)11-26-20(24)12-25-18-7-5-4-6-17(18)21/h4-10,15H,11-12H2,1-3H3,(H,22,23). The van der Waals surface area contributed by atoms with Gasteiger partial charge in [0.25, 0.3) is 5.91 Å². The Bertz CT molecular complexity index is 791. The normalized spacial score (nSPS) is 11.5. The summed E-state index contributed by atoms with van der Waals surface area (Å²) >= 11 is 0. The van der Waals surface area contributed by atoms with Crippen molar-refractivity contribution in [2.75, 3.05) is 13.2 Å². The summed E-state index contributed by atoms with van der Waals surface area (Å²) < 4.78 is 23.2. The maximum Gasteiger partial charge on any atom is 0.344 e. The minimum absolute atomic E-state index is 0.0442. The molecule has 0 fully saturated rings. The summed E-state index contributed by atoms with van der Waals surface area (Å²) in [7, 11) is 0. The summed E-state index contributed by atoms with van der Waals surface area (Å²) in [6, 6.07) is 11.5. The zero-order valence-electron chi connectivity index (χ0n) is 15.0. The number of carbonyl (C=O) groups is 2. The maximum absolute atomic E-state index is 13.4. The van der Waals surface area contributed by atoms with E-state index in [0.29, 0.717) is 0 Å². The maximum atomic E-state index is 13.4. The third-order valence-corrected chi connectivity index (χ3v) is 3.95. The fraction of sp³-hybridized carbons (Fsp3) is 0.300. The van der Waals surface area contributed by atoms with Crippen LogP contribution in [-0.4, -0.2) is 25.1 Å². The second kappa shape index (κ2) is 8.99. The van der Waals surface area contributed by atoms with Gasteiger partial charge in [0.05, 0.1) is 6.04 Å². The van der Waals surface area contributed by atoms with Crippen molar-refractivity contribution < 1.29 is 23.5 Å². The van der Waals surface area contributed by atoms with Gasteiger partial charge in [0.2, 0.25) is 0 Å². The first-order chi connectivity index (χ1) is 12.4. The van der Waals surface area contributed by atoms with Crippen molar-refractivity contribution in [2.45, 2.75) is 26.8 Å². The molecule has 0 aliphatic carbocycles. The van der Waals surface area contributed by atoms with Crippen LogP contribution >= 0.6 is 0 Å². The Hall–Kier alpha value is -2.89. The molecule has 1 N–H and O–H groups in total. The highest BCUT2D eigenvalue weighted by molar-refractivity contribution is 5.81. The Morgan fingerprint density at radius 1 is 1.08 bits per heavy atom. The van der Waals surface area contributed by atoms with E-state index in [4.69, 9.17) is 9.47 Å². The second-order valence-electron chi connectivity index (χ2n) is 6.01. The minimum Gasteiger partial charge on any atom is -0.479 e. The lowest BCUT2D eigenvalue weighted by molar-refractivity contribution is -0.150. The quantitative estimate of drug-likeness (QED) is 0.771. The van der Waals surface area contributed by atoms with E-state index < -0.39 is 30.9 Å². The number of esters is 1. The number of halogens is 1. The number of amides is 1. The molecule has 138 valence electrons. The van der Waals surface area contributed by atoms with Crippen molar-refractivity contribution in [1.82, 2.24) is 5.32 Å². The number of carbonyl (C=O) groups excluding carboxylic acids is 2. The average Bonchev–Trinajstić information content (AvgIpc) is 2.61. The van der Waals surface area contributed by atoms with Gasteiger partial charge in [-0.3, -0.25) is 4.79 Å². The molecule has 1 unspecified atom stereocenters. The molecule has 0 aliphatic heterocycles. The lowest BCUT2D eigenvalue weighted by atomic mass is 10.0. The molecule has 0 heterocycles. The third-order valence-electron chi connectivity index (χ3n) is 3.95. The largest absolute Gasteiger partial charge is 0.479 e. The van der Waals surface area contributed by atoms with Crippen LogP contribution in [0.3, 0.4) is 0 Å². The van der Waals surface area contributed by atoms with Crippen LogP contribution in [-0.2, 0) is 14.3 Å². The van der Waals surface area contributed by atoms with Gasteiger partial charge in [0, 0.05) is 0 Å². The highest BCUT2D eigenvalue weighted by Gasteiger charge is 2.13. The van der Waals surface area contributed by atoms with Gasteiger partial charge >= 0.3 is 5.97 Å². The molecule has 6 heteroatoms. The molecule has 0 bridgehead atoms. The van der Waals surface area contributed by atoms with Gasteiger partial charge in [-0.15, -0.1) is 0 Å². The van der Waals surface area contributed by atoms with Crippen LogP contribution in [0.4, 0.5) is 4.39 Å². The first-order valence-electron chi connectivity index (χ1n) is 8.26. The van der Waals surface area contributed by atoms with Crippen molar-refractivity contribution in [2.24, 2.45) is 0 Å². The molecule has 0 aliphatic rings. The van der Waals surface area contributed by atoms with Gasteiger partial charge in [-0.05, 0) is 49.6 Å². The van der Waals surface area contributed by atoms with Crippen LogP contribution in [0, 0.1) is 19.7 Å². The highest BCUT2D eigenvalue weighted by Crippen LogP contribution is 2.17. The van der Waals surface area contributed by atoms with Crippen molar-refractivity contribution in [3.8, 4) is 5.75 Å². The van der Waals surface area contributed by atoms with E-state index >= 15 is 0 Å². The van der Waals surface area contributed by atoms with Crippen molar-refractivity contribution >= 4 is 11.9 Å². The molecule has 1 atom stereocenters. The molecular weight excluding hydrogens is 337 g/mol. The van der Waals surface area contributed by atoms with Gasteiger partial charge in [-0.1, -0.05) is 30.3 Å². The number of hydrogen-bond donors (Lipinski definition) is 1. The van der Waals surface area contributed by atoms with Gasteiger partial charge in [-0.2, -0.15) is 0 Å². The Kier molecular flexibility index (Phi) is 6.72. The predicted octanol–water partition coefficient (Wildman–Crippen LogP) is 3.24. The Balaban J connectivity index is 1.76. The molecule has 5 nitrogen and oxygen atoms in total. The summed E-state index contributed by atoms with van der Waals surface area (Å²) in [5.74, 6) is -1.78. The fourth-order valence-electron chi connectivity index (χ4n) is 2.29. The topological polar surface area (TPSA) is 64.6 Å². The molecule has 2 aromatic rings. The monoisotopic (exact) mass is 359 g/mol. The highest BCUT2D eigenvalue weighted by atomic mass is 19.1. The molecule has 2 aromatic carbocycles. The predicted molar refractivity (Wildman–Crippen MR) is 95.3 cm³/mol. The number of ether oxygens (including phenoxy) is 2. The van der Waals surface area contributed by atoms with Gasteiger partial charge in [0.1, 0.15) is 0 Å². The van der Waals surface area contributed by atoms with Gasteiger partial charge < -0.3 is 14.8 Å². The second-order valence-corrected chi connectivity index (χ2v) is 6.01. The summed E-state index contributed by atoms with van der Waals surface area (Å²) in [5, 5.41) is 2.76. The molecular formula is C20H22FNO4. The lowest BCUT2D eigenvalue weighted by Gasteiger charge is -2.16. The van der Waals surface area contributed by atoms with Gasteiger partial charge in [0.15, 0.2) is 24.8 Å². The van der Waals surface area contributed by atoms with Crippen LogP contribution in [0.2, 0.25) is 0 Å². The van der Waals surface area contributed by atoms with Crippen molar-refractivity contribution in [3.63, 3.8) is 0 Å². The number of aryl methyl sites for hydroxylation is 2. The van der Waals surface area contributed by atoms with Crippen LogP contribution in [0.15, 0.2) is 42.5 Å². The van der Waals surface area contributed by atoms with Gasteiger partial charge in [-0.25, -0.2) is 9.18 Å². The van der Waals surface area contributed by atoms with Crippen molar-refractivity contribution in [3.05, 3.63) is 65.0 Å². The molecule has 0 saturated carbocycles. The Morgan fingerprint density at radius 3 is 2.50 bits per heavy atom. The molecule has 26 heavy (non-hydrogen) atoms. The Labute approximate surface area is 152 Å². The lowest BCUT2D eigenvalue weighted by Crippen LogP contribution is -2.32. The van der Waals surface area contributed by atoms with Crippen molar-refractivity contribution in [1.29, 1.82) is 0 Å². The molecule has 0 aromatic heterocycles. The molecule has 1 amide bonds. The molecule has 2 rings (SSSR count). The SMILES string of the molecule is Cc1ccc(C(C)NC(=O)COC(=O)COc2ccccc2F)cc1C. The van der Waals surface area contributed by atoms with E-state index in [9.17, 15) is 14.0 Å². The van der Waals surface area contributed by atoms with E-state index in [1.807, 2.05) is 39.0 Å². The minimum atomic E-state index is -0.748. The van der Waals surface area contributed by atoms with Crippen LogP contribution in [0.1, 0.15) is 29.7 Å². The number of para-hydroxylation sites is 1. The zero-order valence-corrected chi connectivity index (χ0v) is 15.0. The van der Waals surface area contributed by atoms with E-state index in [-0.39, 0.29) is 11.8 Å². The summed E-state index contributed by atoms with van der Waals surface area (Å²) in [5.41, 5.74) is 3.28. The third kappa shape index (κ3) is 5.58. The van der Waals surface area contributed by atoms with Crippen LogP contribution in [0.5, 0.6) is 5.75 Å². The first kappa shape index (κ1) is 19.4. The van der Waals surface area contributed by atoms with E-state index in [1.165, 1.54) is 23.8 Å². The average molecular weight is 359 g/mol. The number of rotatable bonds is 7. The zero-order chi connectivity index (χ0) is 19.1. The first-order valence-corrected chi connectivity index (χ1v) is 8.26. The van der Waals surface area contributed by atoms with E-state index in [1.54, 1.807) is 6.07 Å². The van der Waals surface area contributed by atoms with E-state index in [2.05, 4.69) is 5.32 Å². The van der Waals surface area contributed by atoms with Crippen LogP contribution in [0.25, 0.3) is 0 Å². The fourth-order valence-corrected chi connectivity index (χ4v) is 2.29. The summed E-state index contributed by atoms with van der Waals surface area (Å²) in [6.45, 7) is 4.98. The molecule has 0 radical (unpaired) electrons. The van der Waals surface area contributed by atoms with E-state index in [0.717, 1.165) is 11.1 Å². The molecule has 0 saturated heterocycles.